The fourth-order valence-corrected chi connectivity index (χ4v) is 6.56. The van der Waals surface area contributed by atoms with Crippen LogP contribution in [0.15, 0.2) is 70.4 Å². The van der Waals surface area contributed by atoms with E-state index in [-0.39, 0.29) is 42.4 Å². The number of hydrogen-bond donors (Lipinski definition) is 4. The fourth-order valence-electron chi connectivity index (χ4n) is 6.56. The van der Waals surface area contributed by atoms with Gasteiger partial charge in [0.2, 0.25) is 0 Å². The molecular formula is C43H70O8. The van der Waals surface area contributed by atoms with Crippen molar-refractivity contribution in [2.75, 3.05) is 0 Å². The third kappa shape index (κ3) is 20.7. The van der Waals surface area contributed by atoms with Crippen LogP contribution < -0.4 is 0 Å². The Morgan fingerprint density at radius 1 is 0.980 bits per heavy atom. The third-order valence-corrected chi connectivity index (χ3v) is 9.53. The summed E-state index contributed by atoms with van der Waals surface area (Å²) in [5.41, 5.74) is 5.19. The second-order valence-electron chi connectivity index (χ2n) is 15.3. The molecule has 0 amide bonds. The quantitative estimate of drug-likeness (QED) is 0.0511. The summed E-state index contributed by atoms with van der Waals surface area (Å²) in [6.07, 6.45) is 15.8. The van der Waals surface area contributed by atoms with Crippen molar-refractivity contribution in [3.05, 3.63) is 70.4 Å². The fraction of sp³-hybridized carbons (Fsp3) is 0.674. The zero-order valence-electron chi connectivity index (χ0n) is 33.2. The number of carbonyl (C=O) groups is 2. The maximum atomic E-state index is 12.9. The monoisotopic (exact) mass is 715 g/mol. The van der Waals surface area contributed by atoms with Gasteiger partial charge in [-0.1, -0.05) is 92.0 Å². The highest BCUT2D eigenvalue weighted by molar-refractivity contribution is 5.82. The van der Waals surface area contributed by atoms with Gasteiger partial charge in [-0.2, -0.15) is 0 Å². The predicted octanol–water partition coefficient (Wildman–Crippen LogP) is 8.40. The molecule has 1 aliphatic rings. The Morgan fingerprint density at radius 3 is 2.29 bits per heavy atom. The molecule has 4 N–H and O–H groups in total. The smallest absolute Gasteiger partial charge is 0.331 e. The SMILES string of the molecule is CCC(O)CC(O)C/C=C(C)/C=C(C)/C=C(C)\C=C\C(=O)OC1CCCC(=O)OC(C(C)C/C(C)=C/C(C)C(O)CC(C)O)C/C=C(\C)CC1C. The molecule has 0 radical (unpaired) electrons. The van der Waals surface area contributed by atoms with E-state index < -0.39 is 30.4 Å². The first-order valence-electron chi connectivity index (χ1n) is 19.1. The highest BCUT2D eigenvalue weighted by Crippen LogP contribution is 2.27. The second-order valence-corrected chi connectivity index (χ2v) is 15.3. The van der Waals surface area contributed by atoms with Gasteiger partial charge in [0, 0.05) is 24.8 Å². The van der Waals surface area contributed by atoms with Gasteiger partial charge in [-0.05, 0) is 105 Å². The Morgan fingerprint density at radius 2 is 1.65 bits per heavy atom. The molecule has 0 aliphatic carbocycles. The van der Waals surface area contributed by atoms with Crippen molar-refractivity contribution in [2.45, 2.75) is 170 Å². The van der Waals surface area contributed by atoms with Gasteiger partial charge in [-0.25, -0.2) is 4.79 Å². The summed E-state index contributed by atoms with van der Waals surface area (Å²) in [4.78, 5) is 25.9. The number of aliphatic hydroxyl groups is 4. The number of allylic oxidation sites excluding steroid dienone is 8. The van der Waals surface area contributed by atoms with E-state index in [1.165, 1.54) is 6.08 Å². The standard InChI is InChI=1S/C43H70O8/c1-11-37(45)27-38(46)18-15-28(2)21-31(5)22-29(3)17-20-43(49)50-40-13-12-14-42(48)51-41(19-16-30(4)23-34(40)8)35(9)25-32(6)24-33(7)39(47)26-36(10)44/h15-17,20-22,24,33-41,44-47H,11-14,18-19,23,25-27H2,1-10H3/b20-17+,28-15+,29-22-,30-16+,31-21+,32-24+. The number of aliphatic hydroxyl groups excluding tert-OH is 4. The normalized spacial score (nSPS) is 25.4. The van der Waals surface area contributed by atoms with Gasteiger partial charge < -0.3 is 29.9 Å². The first-order valence-corrected chi connectivity index (χ1v) is 19.1. The Hall–Kier alpha value is -2.78. The average Bonchev–Trinajstić information content (AvgIpc) is 3.02. The topological polar surface area (TPSA) is 134 Å². The second kappa shape index (κ2) is 24.5. The number of cyclic esters (lactones) is 1. The largest absolute Gasteiger partial charge is 0.462 e. The van der Waals surface area contributed by atoms with E-state index in [1.54, 1.807) is 13.0 Å². The Balaban J connectivity index is 2.87. The number of carbonyl (C=O) groups excluding carboxylic acids is 2. The molecule has 51 heavy (non-hydrogen) atoms. The predicted molar refractivity (Wildman–Crippen MR) is 207 cm³/mol. The molecule has 0 fully saturated rings. The van der Waals surface area contributed by atoms with Crippen molar-refractivity contribution < 1.29 is 39.5 Å². The average molecular weight is 715 g/mol. The molecule has 1 rings (SSSR count). The Labute approximate surface area is 309 Å². The van der Waals surface area contributed by atoms with Crippen molar-refractivity contribution in [3.8, 4) is 0 Å². The lowest BCUT2D eigenvalue weighted by molar-refractivity contribution is -0.152. The van der Waals surface area contributed by atoms with E-state index in [1.807, 2.05) is 65.8 Å². The van der Waals surface area contributed by atoms with Gasteiger partial charge >= 0.3 is 11.9 Å². The molecule has 1 aliphatic heterocycles. The van der Waals surface area contributed by atoms with E-state index in [9.17, 15) is 30.0 Å². The van der Waals surface area contributed by atoms with E-state index in [0.717, 1.165) is 40.7 Å². The van der Waals surface area contributed by atoms with Crippen LogP contribution in [0, 0.1) is 17.8 Å². The van der Waals surface area contributed by atoms with Crippen molar-refractivity contribution in [2.24, 2.45) is 17.8 Å². The van der Waals surface area contributed by atoms with Crippen LogP contribution >= 0.6 is 0 Å². The van der Waals surface area contributed by atoms with E-state index in [0.29, 0.717) is 44.9 Å². The number of rotatable bonds is 17. The number of ether oxygens (including phenoxy) is 2. The van der Waals surface area contributed by atoms with Crippen LogP contribution in [-0.2, 0) is 19.1 Å². The highest BCUT2D eigenvalue weighted by atomic mass is 16.5. The summed E-state index contributed by atoms with van der Waals surface area (Å²) < 4.78 is 11.9. The van der Waals surface area contributed by atoms with Crippen LogP contribution in [0.5, 0.6) is 0 Å². The summed E-state index contributed by atoms with van der Waals surface area (Å²) in [5.74, 6) is -0.597. The summed E-state index contributed by atoms with van der Waals surface area (Å²) in [5, 5.41) is 39.8. The molecule has 0 bridgehead atoms. The zero-order valence-corrected chi connectivity index (χ0v) is 33.2. The van der Waals surface area contributed by atoms with Crippen LogP contribution in [0.3, 0.4) is 0 Å². The minimum atomic E-state index is -0.614. The summed E-state index contributed by atoms with van der Waals surface area (Å²) in [6.45, 7) is 19.7. The van der Waals surface area contributed by atoms with Crippen LogP contribution in [0.2, 0.25) is 0 Å². The van der Waals surface area contributed by atoms with Crippen molar-refractivity contribution in [1.82, 2.24) is 0 Å². The molecule has 0 saturated heterocycles. The molecule has 8 heteroatoms. The molecule has 0 aromatic carbocycles. The number of hydrogen-bond acceptors (Lipinski definition) is 8. The molecule has 0 saturated carbocycles. The molecular weight excluding hydrogens is 644 g/mol. The molecule has 0 aromatic heterocycles. The minimum absolute atomic E-state index is 0.0741. The molecule has 8 nitrogen and oxygen atoms in total. The van der Waals surface area contributed by atoms with E-state index in [4.69, 9.17) is 9.47 Å². The highest BCUT2D eigenvalue weighted by Gasteiger charge is 2.26. The molecule has 9 unspecified atom stereocenters. The van der Waals surface area contributed by atoms with Gasteiger partial charge in [-0.3, -0.25) is 4.79 Å². The minimum Gasteiger partial charge on any atom is -0.462 e. The van der Waals surface area contributed by atoms with E-state index in [2.05, 4.69) is 26.8 Å². The Kier molecular flexibility index (Phi) is 22.2. The summed E-state index contributed by atoms with van der Waals surface area (Å²) >= 11 is 0. The lowest BCUT2D eigenvalue weighted by Gasteiger charge is -2.27. The zero-order chi connectivity index (χ0) is 38.7. The van der Waals surface area contributed by atoms with Crippen molar-refractivity contribution in [1.29, 1.82) is 0 Å². The van der Waals surface area contributed by atoms with Gasteiger partial charge in [0.15, 0.2) is 0 Å². The van der Waals surface area contributed by atoms with Crippen LogP contribution in [-0.4, -0.2) is 69.0 Å². The van der Waals surface area contributed by atoms with Crippen molar-refractivity contribution in [3.63, 3.8) is 0 Å². The van der Waals surface area contributed by atoms with Gasteiger partial charge in [0.05, 0.1) is 24.4 Å². The summed E-state index contributed by atoms with van der Waals surface area (Å²) in [7, 11) is 0. The molecule has 0 spiro atoms. The molecule has 9 atom stereocenters. The molecule has 0 aromatic rings. The first-order chi connectivity index (χ1) is 23.9. The maximum Gasteiger partial charge on any atom is 0.331 e. The lowest BCUT2D eigenvalue weighted by Crippen LogP contribution is -2.28. The third-order valence-electron chi connectivity index (χ3n) is 9.53. The number of esters is 2. The van der Waals surface area contributed by atoms with Gasteiger partial charge in [-0.15, -0.1) is 0 Å². The van der Waals surface area contributed by atoms with Crippen LogP contribution in [0.4, 0.5) is 0 Å². The molecule has 290 valence electrons. The van der Waals surface area contributed by atoms with Gasteiger partial charge in [0.1, 0.15) is 12.2 Å². The van der Waals surface area contributed by atoms with Crippen molar-refractivity contribution >= 4 is 11.9 Å². The van der Waals surface area contributed by atoms with Crippen LogP contribution in [0.1, 0.15) is 133 Å². The summed E-state index contributed by atoms with van der Waals surface area (Å²) in [6, 6.07) is 0. The van der Waals surface area contributed by atoms with Crippen LogP contribution in [0.25, 0.3) is 0 Å². The van der Waals surface area contributed by atoms with E-state index >= 15 is 0 Å². The first kappa shape index (κ1) is 46.2. The Bertz CT molecular complexity index is 1250. The lowest BCUT2D eigenvalue weighted by atomic mass is 9.89. The van der Waals surface area contributed by atoms with Gasteiger partial charge in [0.25, 0.3) is 0 Å². The molecule has 1 heterocycles. The maximum absolute atomic E-state index is 12.9.